The zero-order chi connectivity index (χ0) is 24.7. The number of para-hydroxylation sites is 1. The number of benzene rings is 3. The maximum Gasteiger partial charge on any atom is 0.224 e. The van der Waals surface area contributed by atoms with Gasteiger partial charge in [0.05, 0.1) is 36.4 Å². The number of hydrogen-bond acceptors (Lipinski definition) is 4. The van der Waals surface area contributed by atoms with Crippen LogP contribution in [0.15, 0.2) is 84.9 Å². The second-order valence-corrected chi connectivity index (χ2v) is 9.34. The van der Waals surface area contributed by atoms with E-state index in [0.717, 1.165) is 64.8 Å². The van der Waals surface area contributed by atoms with E-state index < -0.39 is 0 Å². The summed E-state index contributed by atoms with van der Waals surface area (Å²) in [6.45, 7) is 4.35. The molecule has 1 saturated heterocycles. The van der Waals surface area contributed by atoms with Crippen molar-refractivity contribution in [3.8, 4) is 11.3 Å². The highest BCUT2D eigenvalue weighted by atomic mass is 16.5. The van der Waals surface area contributed by atoms with Crippen molar-refractivity contribution in [2.24, 2.45) is 0 Å². The van der Waals surface area contributed by atoms with Crippen LogP contribution in [0, 0.1) is 0 Å². The van der Waals surface area contributed by atoms with E-state index in [1.165, 1.54) is 0 Å². The molecule has 1 fully saturated rings. The first-order chi connectivity index (χ1) is 17.7. The van der Waals surface area contributed by atoms with Crippen molar-refractivity contribution in [3.05, 3.63) is 102 Å². The van der Waals surface area contributed by atoms with Crippen LogP contribution in [0.25, 0.3) is 22.2 Å². The molecular formula is C31H33N3O2. The lowest BCUT2D eigenvalue weighted by molar-refractivity contribution is -0.121. The van der Waals surface area contributed by atoms with Crippen molar-refractivity contribution >= 4 is 16.8 Å². The van der Waals surface area contributed by atoms with E-state index in [1.54, 1.807) is 0 Å². The maximum absolute atomic E-state index is 13.5. The lowest BCUT2D eigenvalue weighted by Crippen LogP contribution is -2.30. The number of aromatic nitrogens is 1. The minimum atomic E-state index is -0.0235. The van der Waals surface area contributed by atoms with Crippen molar-refractivity contribution in [2.45, 2.75) is 44.9 Å². The van der Waals surface area contributed by atoms with E-state index in [1.807, 2.05) is 54.6 Å². The Bertz CT molecular complexity index is 1300. The van der Waals surface area contributed by atoms with Gasteiger partial charge in [-0.05, 0) is 36.6 Å². The number of amides is 1. The number of carbonyl (C=O) groups is 1. The quantitative estimate of drug-likeness (QED) is 0.328. The van der Waals surface area contributed by atoms with Crippen LogP contribution in [-0.4, -0.2) is 30.1 Å². The molecule has 3 aromatic carbocycles. The largest absolute Gasteiger partial charge is 0.372 e. The summed E-state index contributed by atoms with van der Waals surface area (Å²) < 4.78 is 6.36. The molecule has 0 aliphatic carbocycles. The molecule has 5 heteroatoms. The molecule has 0 unspecified atom stereocenters. The summed E-state index contributed by atoms with van der Waals surface area (Å²) in [5, 5.41) is 7.64. The topological polar surface area (TPSA) is 63.2 Å². The third-order valence-corrected chi connectivity index (χ3v) is 6.92. The Morgan fingerprint density at radius 2 is 1.72 bits per heavy atom. The molecule has 2 heterocycles. The van der Waals surface area contributed by atoms with Gasteiger partial charge in [-0.25, -0.2) is 4.98 Å². The Morgan fingerprint density at radius 3 is 2.44 bits per heavy atom. The molecule has 5 nitrogen and oxygen atoms in total. The van der Waals surface area contributed by atoms with Crippen molar-refractivity contribution in [2.75, 3.05) is 13.1 Å². The molecule has 0 saturated carbocycles. The number of nitrogens with one attached hydrogen (secondary N) is 2. The second-order valence-electron chi connectivity index (χ2n) is 9.34. The summed E-state index contributed by atoms with van der Waals surface area (Å²) in [6.07, 6.45) is 2.26. The first-order valence-corrected chi connectivity index (χ1v) is 12.9. The zero-order valence-corrected chi connectivity index (χ0v) is 20.7. The Labute approximate surface area is 212 Å². The van der Waals surface area contributed by atoms with E-state index in [9.17, 15) is 4.79 Å². The molecule has 2 atom stereocenters. The number of hydrogen-bond donors (Lipinski definition) is 2. The lowest BCUT2D eigenvalue weighted by Gasteiger charge is -2.21. The van der Waals surface area contributed by atoms with E-state index in [4.69, 9.17) is 9.72 Å². The van der Waals surface area contributed by atoms with Crippen LogP contribution in [0.2, 0.25) is 0 Å². The number of nitrogens with zero attached hydrogens (tertiary/aromatic N) is 1. The molecule has 184 valence electrons. The predicted octanol–water partition coefficient (Wildman–Crippen LogP) is 5.59. The van der Waals surface area contributed by atoms with E-state index in [-0.39, 0.29) is 24.5 Å². The van der Waals surface area contributed by atoms with Crippen molar-refractivity contribution < 1.29 is 9.53 Å². The average molecular weight is 480 g/mol. The van der Waals surface area contributed by atoms with Crippen LogP contribution in [0.3, 0.4) is 0 Å². The fourth-order valence-corrected chi connectivity index (χ4v) is 5.00. The van der Waals surface area contributed by atoms with Crippen LogP contribution < -0.4 is 10.6 Å². The van der Waals surface area contributed by atoms with Gasteiger partial charge in [-0.3, -0.25) is 4.79 Å². The van der Waals surface area contributed by atoms with Gasteiger partial charge in [0.15, 0.2) is 0 Å². The van der Waals surface area contributed by atoms with Crippen LogP contribution in [-0.2, 0) is 22.6 Å². The average Bonchev–Trinajstić information content (AvgIpc) is 3.45. The van der Waals surface area contributed by atoms with Crippen molar-refractivity contribution in [1.29, 1.82) is 0 Å². The third-order valence-electron chi connectivity index (χ3n) is 6.92. The number of ether oxygens (including phenoxy) is 1. The monoisotopic (exact) mass is 479 g/mol. The molecule has 0 bridgehead atoms. The van der Waals surface area contributed by atoms with Crippen LogP contribution in [0.1, 0.15) is 42.5 Å². The van der Waals surface area contributed by atoms with Crippen molar-refractivity contribution in [3.63, 3.8) is 0 Å². The Kier molecular flexibility index (Phi) is 7.70. The molecule has 0 radical (unpaired) electrons. The summed E-state index contributed by atoms with van der Waals surface area (Å²) >= 11 is 0. The van der Waals surface area contributed by atoms with Gasteiger partial charge in [-0.2, -0.15) is 0 Å². The summed E-state index contributed by atoms with van der Waals surface area (Å²) in [5.41, 5.74) is 5.92. The molecule has 4 aromatic rings. The van der Waals surface area contributed by atoms with E-state index in [2.05, 4.69) is 47.9 Å². The summed E-state index contributed by atoms with van der Waals surface area (Å²) in [6, 6.07) is 28.4. The smallest absolute Gasteiger partial charge is 0.224 e. The maximum atomic E-state index is 13.5. The summed E-state index contributed by atoms with van der Waals surface area (Å²) in [7, 11) is 0. The number of pyridine rings is 1. The summed E-state index contributed by atoms with van der Waals surface area (Å²) in [4.78, 5) is 18.5. The van der Waals surface area contributed by atoms with Gasteiger partial charge >= 0.3 is 0 Å². The normalized spacial score (nSPS) is 16.2. The highest BCUT2D eigenvalue weighted by molar-refractivity contribution is 5.92. The third kappa shape index (κ3) is 5.48. The summed E-state index contributed by atoms with van der Waals surface area (Å²) in [5.74, 6) is 0.00449. The van der Waals surface area contributed by atoms with E-state index in [0.29, 0.717) is 6.61 Å². The molecule has 2 N–H and O–H groups in total. The Balaban J connectivity index is 1.53. The van der Waals surface area contributed by atoms with Crippen LogP contribution in [0.4, 0.5) is 0 Å². The number of fused-ring (bicyclic) bond motifs is 1. The molecule has 1 amide bonds. The fourth-order valence-electron chi connectivity index (χ4n) is 5.00. The molecule has 1 aliphatic heterocycles. The molecule has 1 aliphatic rings. The van der Waals surface area contributed by atoms with Gasteiger partial charge in [0.2, 0.25) is 5.91 Å². The Morgan fingerprint density at radius 1 is 1.00 bits per heavy atom. The fraction of sp³-hybridized carbons (Fsp3) is 0.290. The predicted molar refractivity (Wildman–Crippen MR) is 145 cm³/mol. The van der Waals surface area contributed by atoms with Crippen LogP contribution in [0.5, 0.6) is 0 Å². The first kappa shape index (κ1) is 24.2. The minimum Gasteiger partial charge on any atom is -0.372 e. The van der Waals surface area contributed by atoms with Gasteiger partial charge in [0.1, 0.15) is 0 Å². The Hall–Kier alpha value is -3.54. The molecule has 0 spiro atoms. The highest BCUT2D eigenvalue weighted by Crippen LogP contribution is 2.32. The lowest BCUT2D eigenvalue weighted by atomic mass is 9.94. The van der Waals surface area contributed by atoms with Gasteiger partial charge < -0.3 is 15.4 Å². The number of rotatable bonds is 9. The molecule has 36 heavy (non-hydrogen) atoms. The molecule has 1 aromatic heterocycles. The van der Waals surface area contributed by atoms with Crippen LogP contribution >= 0.6 is 0 Å². The molecule has 5 rings (SSSR count). The SMILES string of the molecule is CC[C@H](NC(=O)Cc1c(CO[C@H]2CCNC2)c(-c2ccccc2)nc2ccccc12)c1ccccc1. The van der Waals surface area contributed by atoms with Gasteiger partial charge in [-0.1, -0.05) is 85.8 Å². The van der Waals surface area contributed by atoms with Crippen molar-refractivity contribution in [1.82, 2.24) is 15.6 Å². The molecular weight excluding hydrogens is 446 g/mol. The van der Waals surface area contributed by atoms with Gasteiger partial charge in [0.25, 0.3) is 0 Å². The van der Waals surface area contributed by atoms with Gasteiger partial charge in [0, 0.05) is 23.1 Å². The van der Waals surface area contributed by atoms with Gasteiger partial charge in [-0.15, -0.1) is 0 Å². The standard InChI is InChI=1S/C31H33N3O2/c1-2-28(22-11-5-3-6-12-22)33-30(35)19-26-25-15-9-10-16-29(25)34-31(23-13-7-4-8-14-23)27(26)21-36-24-17-18-32-20-24/h3-16,24,28,32H,2,17-21H2,1H3,(H,33,35)/t24-,28-/m0/s1. The zero-order valence-electron chi connectivity index (χ0n) is 20.7. The highest BCUT2D eigenvalue weighted by Gasteiger charge is 2.22. The first-order valence-electron chi connectivity index (χ1n) is 12.9. The second kappa shape index (κ2) is 11.5. The van der Waals surface area contributed by atoms with E-state index >= 15 is 0 Å². The number of carbonyl (C=O) groups excluding carboxylic acids is 1. The minimum absolute atomic E-state index is 0.00449.